The van der Waals surface area contributed by atoms with E-state index in [1.807, 2.05) is 24.3 Å². The number of amides is 1. The van der Waals surface area contributed by atoms with Crippen molar-refractivity contribution in [2.75, 3.05) is 11.1 Å². The minimum atomic E-state index is -0.0794. The third-order valence-electron chi connectivity index (χ3n) is 5.94. The molecule has 2 aromatic carbocycles. The van der Waals surface area contributed by atoms with E-state index in [9.17, 15) is 4.79 Å². The zero-order valence-electron chi connectivity index (χ0n) is 20.7. The third kappa shape index (κ3) is 5.62. The second-order valence-electron chi connectivity index (χ2n) is 8.63. The largest absolute Gasteiger partial charge is 0.325 e. The number of aryl methyl sites for hydroxylation is 2. The number of nitrogens with zero attached hydrogens (tertiary/aromatic N) is 4. The zero-order valence-corrected chi connectivity index (χ0v) is 21.5. The summed E-state index contributed by atoms with van der Waals surface area (Å²) in [5.74, 6) is 1.33. The van der Waals surface area contributed by atoms with E-state index in [0.717, 1.165) is 35.6 Å². The molecule has 0 radical (unpaired) electrons. The molecule has 6 nitrogen and oxygen atoms in total. The van der Waals surface area contributed by atoms with Crippen LogP contribution in [0.25, 0.3) is 17.1 Å². The summed E-state index contributed by atoms with van der Waals surface area (Å²) in [5, 5.41) is 12.7. The van der Waals surface area contributed by atoms with Gasteiger partial charge in [-0.15, -0.1) is 10.2 Å². The van der Waals surface area contributed by atoms with Crippen molar-refractivity contribution >= 4 is 23.4 Å². The topological polar surface area (TPSA) is 72.7 Å². The van der Waals surface area contributed by atoms with Crippen LogP contribution in [0.5, 0.6) is 0 Å². The molecule has 0 atom stereocenters. The van der Waals surface area contributed by atoms with E-state index in [1.165, 1.54) is 28.5 Å². The highest BCUT2D eigenvalue weighted by atomic mass is 32.2. The molecule has 0 saturated carbocycles. The number of hydrogen-bond donors (Lipinski definition) is 1. The fourth-order valence-corrected chi connectivity index (χ4v) is 4.77. The first-order valence-corrected chi connectivity index (χ1v) is 13.0. The molecule has 7 heteroatoms. The first-order valence-electron chi connectivity index (χ1n) is 12.0. The number of benzene rings is 2. The fraction of sp³-hybridized carbons (Fsp3) is 0.286. The molecule has 1 N–H and O–H groups in total. The maximum Gasteiger partial charge on any atom is 0.234 e. The molecular formula is C28H31N5OS. The van der Waals surface area contributed by atoms with Crippen molar-refractivity contribution in [3.8, 4) is 17.1 Å². The van der Waals surface area contributed by atoms with Gasteiger partial charge in [-0.3, -0.25) is 14.3 Å². The molecule has 0 aliphatic heterocycles. The van der Waals surface area contributed by atoms with Crippen LogP contribution in [0.2, 0.25) is 0 Å². The predicted molar refractivity (Wildman–Crippen MR) is 143 cm³/mol. The van der Waals surface area contributed by atoms with E-state index >= 15 is 0 Å². The Kier molecular flexibility index (Phi) is 7.98. The monoisotopic (exact) mass is 485 g/mol. The van der Waals surface area contributed by atoms with Gasteiger partial charge in [0.1, 0.15) is 0 Å². The second kappa shape index (κ2) is 11.3. The fourth-order valence-electron chi connectivity index (χ4n) is 4.03. The lowest BCUT2D eigenvalue weighted by Crippen LogP contribution is -2.15. The Morgan fingerprint density at radius 1 is 0.971 bits per heavy atom. The van der Waals surface area contributed by atoms with Crippen LogP contribution in [-0.4, -0.2) is 31.4 Å². The summed E-state index contributed by atoms with van der Waals surface area (Å²) in [6.07, 6.45) is 5.30. The Labute approximate surface area is 211 Å². The maximum atomic E-state index is 12.8. The van der Waals surface area contributed by atoms with Gasteiger partial charge in [-0.1, -0.05) is 69.8 Å². The standard InChI is InChI=1S/C28H31N5OS/c1-5-20-9-7-10-21(6-2)26(20)33-27(23-11-8-16-29-17-23)31-32-28(33)35-18-25(34)30-24-14-12-22(13-15-24)19(3)4/h7-17,19H,5-6,18H2,1-4H3,(H,30,34). The lowest BCUT2D eigenvalue weighted by molar-refractivity contribution is -0.113. The van der Waals surface area contributed by atoms with Gasteiger partial charge in [0.05, 0.1) is 11.4 Å². The smallest absolute Gasteiger partial charge is 0.234 e. The van der Waals surface area contributed by atoms with Crippen LogP contribution in [0.15, 0.2) is 72.1 Å². The summed E-state index contributed by atoms with van der Waals surface area (Å²) < 4.78 is 2.09. The van der Waals surface area contributed by atoms with E-state index < -0.39 is 0 Å². The Hall–Kier alpha value is -3.45. The second-order valence-corrected chi connectivity index (χ2v) is 9.57. The number of anilines is 1. The molecule has 4 aromatic rings. The Morgan fingerprint density at radius 3 is 2.29 bits per heavy atom. The van der Waals surface area contributed by atoms with Gasteiger partial charge < -0.3 is 5.32 Å². The number of rotatable bonds is 9. The number of pyridine rings is 1. The molecule has 180 valence electrons. The quantitative estimate of drug-likeness (QED) is 0.281. The summed E-state index contributed by atoms with van der Waals surface area (Å²) >= 11 is 1.39. The van der Waals surface area contributed by atoms with Crippen molar-refractivity contribution in [3.63, 3.8) is 0 Å². The summed E-state index contributed by atoms with van der Waals surface area (Å²) in [7, 11) is 0. The maximum absolute atomic E-state index is 12.8. The number of carbonyl (C=O) groups is 1. The van der Waals surface area contributed by atoms with Crippen molar-refractivity contribution in [1.82, 2.24) is 19.7 Å². The van der Waals surface area contributed by atoms with E-state index in [-0.39, 0.29) is 11.7 Å². The summed E-state index contributed by atoms with van der Waals surface area (Å²) in [4.78, 5) is 17.1. The molecule has 2 aromatic heterocycles. The summed E-state index contributed by atoms with van der Waals surface area (Å²) in [5.41, 5.74) is 6.44. The van der Waals surface area contributed by atoms with Crippen molar-refractivity contribution in [1.29, 1.82) is 0 Å². The van der Waals surface area contributed by atoms with Crippen LogP contribution in [0.1, 0.15) is 50.3 Å². The number of hydrogen-bond acceptors (Lipinski definition) is 5. The molecule has 0 aliphatic carbocycles. The zero-order chi connectivity index (χ0) is 24.8. The van der Waals surface area contributed by atoms with Gasteiger partial charge in [0, 0.05) is 23.6 Å². The number of nitrogens with one attached hydrogen (secondary N) is 1. The highest BCUT2D eigenvalue weighted by Gasteiger charge is 2.21. The molecule has 2 heterocycles. The van der Waals surface area contributed by atoms with E-state index in [0.29, 0.717) is 11.1 Å². The van der Waals surface area contributed by atoms with Gasteiger partial charge in [-0.05, 0) is 59.7 Å². The third-order valence-corrected chi connectivity index (χ3v) is 6.86. The van der Waals surface area contributed by atoms with Gasteiger partial charge in [0.15, 0.2) is 11.0 Å². The van der Waals surface area contributed by atoms with E-state index in [2.05, 4.69) is 83.1 Å². The average molecular weight is 486 g/mol. The lowest BCUT2D eigenvalue weighted by Gasteiger charge is -2.18. The minimum absolute atomic E-state index is 0.0794. The number of para-hydroxylation sites is 1. The molecule has 0 unspecified atom stereocenters. The van der Waals surface area contributed by atoms with Crippen LogP contribution in [0.3, 0.4) is 0 Å². The van der Waals surface area contributed by atoms with Crippen LogP contribution in [0, 0.1) is 0 Å². The molecule has 4 rings (SSSR count). The molecule has 0 spiro atoms. The molecule has 0 fully saturated rings. The van der Waals surface area contributed by atoms with Crippen LogP contribution < -0.4 is 5.32 Å². The number of aromatic nitrogens is 4. The van der Waals surface area contributed by atoms with Gasteiger partial charge in [-0.25, -0.2) is 0 Å². The molecule has 1 amide bonds. The van der Waals surface area contributed by atoms with Crippen molar-refractivity contribution < 1.29 is 4.79 Å². The van der Waals surface area contributed by atoms with E-state index in [4.69, 9.17) is 0 Å². The van der Waals surface area contributed by atoms with Gasteiger partial charge in [0.2, 0.25) is 5.91 Å². The van der Waals surface area contributed by atoms with Gasteiger partial charge in [0.25, 0.3) is 0 Å². The van der Waals surface area contributed by atoms with Crippen LogP contribution >= 0.6 is 11.8 Å². The lowest BCUT2D eigenvalue weighted by atomic mass is 10.0. The highest BCUT2D eigenvalue weighted by molar-refractivity contribution is 7.99. The first-order chi connectivity index (χ1) is 17.0. The van der Waals surface area contributed by atoms with Gasteiger partial charge >= 0.3 is 0 Å². The highest BCUT2D eigenvalue weighted by Crippen LogP contribution is 2.32. The number of carbonyl (C=O) groups excluding carboxylic acids is 1. The van der Waals surface area contributed by atoms with Crippen molar-refractivity contribution in [3.05, 3.63) is 83.7 Å². The molecular weight excluding hydrogens is 454 g/mol. The molecule has 35 heavy (non-hydrogen) atoms. The van der Waals surface area contributed by atoms with Gasteiger partial charge in [-0.2, -0.15) is 0 Å². The minimum Gasteiger partial charge on any atom is -0.325 e. The summed E-state index contributed by atoms with van der Waals surface area (Å²) in [6, 6.07) is 18.3. The predicted octanol–water partition coefficient (Wildman–Crippen LogP) is 6.31. The Balaban J connectivity index is 1.64. The SMILES string of the molecule is CCc1cccc(CC)c1-n1c(SCC(=O)Nc2ccc(C(C)C)cc2)nnc1-c1cccnc1. The normalized spacial score (nSPS) is 11.1. The van der Waals surface area contributed by atoms with Crippen molar-refractivity contribution in [2.45, 2.75) is 51.6 Å². The van der Waals surface area contributed by atoms with E-state index in [1.54, 1.807) is 12.4 Å². The number of thioether (sulfide) groups is 1. The molecule has 0 aliphatic rings. The summed E-state index contributed by atoms with van der Waals surface area (Å²) in [6.45, 7) is 8.61. The van der Waals surface area contributed by atoms with Crippen LogP contribution in [-0.2, 0) is 17.6 Å². The average Bonchev–Trinajstić information content (AvgIpc) is 3.31. The Bertz CT molecular complexity index is 1260. The van der Waals surface area contributed by atoms with Crippen LogP contribution in [0.4, 0.5) is 5.69 Å². The first kappa shape index (κ1) is 24.7. The molecule has 0 bridgehead atoms. The Morgan fingerprint density at radius 2 is 1.69 bits per heavy atom. The molecule has 0 saturated heterocycles. The van der Waals surface area contributed by atoms with Crippen molar-refractivity contribution in [2.24, 2.45) is 0 Å².